The van der Waals surface area contributed by atoms with Gasteiger partial charge in [-0.3, -0.25) is 4.79 Å². The number of carbonyl (C=O) groups excluding carboxylic acids is 1. The van der Waals surface area contributed by atoms with Gasteiger partial charge < -0.3 is 25.6 Å². The Morgan fingerprint density at radius 3 is 3.00 bits per heavy atom. The van der Waals surface area contributed by atoms with E-state index in [1.54, 1.807) is 0 Å². The zero-order chi connectivity index (χ0) is 13.0. The smallest absolute Gasteiger partial charge is 0.247 e. The van der Waals surface area contributed by atoms with Gasteiger partial charge >= 0.3 is 0 Å². The van der Waals surface area contributed by atoms with Gasteiger partial charge in [0.15, 0.2) is 11.5 Å². The van der Waals surface area contributed by atoms with Crippen LogP contribution in [0.5, 0.6) is 11.5 Å². The quantitative estimate of drug-likeness (QED) is 0.587. The average molecular weight is 252 g/mol. The highest BCUT2D eigenvalue weighted by molar-refractivity contribution is 5.78. The summed E-state index contributed by atoms with van der Waals surface area (Å²) in [5.74, 6) is 0.797. The molecule has 0 fully saturated rings. The van der Waals surface area contributed by atoms with Gasteiger partial charge in [-0.2, -0.15) is 0 Å². The van der Waals surface area contributed by atoms with Gasteiger partial charge in [-0.25, -0.2) is 0 Å². The van der Waals surface area contributed by atoms with Crippen molar-refractivity contribution < 1.29 is 19.4 Å². The molecule has 0 aromatic heterocycles. The standard InChI is InChI=1S/C12H16N2O4/c13-12(16)9(15)6-14-4-3-8-1-2-10-11(5-8)18-7-17-10/h1-2,5,9,14-15H,3-4,6-7H2,(H2,13,16). The van der Waals surface area contributed by atoms with E-state index >= 15 is 0 Å². The Bertz CT molecular complexity index is 436. The highest BCUT2D eigenvalue weighted by atomic mass is 16.7. The van der Waals surface area contributed by atoms with E-state index in [-0.39, 0.29) is 13.3 Å². The minimum absolute atomic E-state index is 0.167. The Labute approximate surface area is 105 Å². The molecule has 1 aromatic carbocycles. The number of rotatable bonds is 6. The van der Waals surface area contributed by atoms with Crippen molar-refractivity contribution in [2.24, 2.45) is 5.73 Å². The molecule has 0 saturated heterocycles. The van der Waals surface area contributed by atoms with Gasteiger partial charge in [0.1, 0.15) is 6.10 Å². The van der Waals surface area contributed by atoms with Crippen molar-refractivity contribution in [2.45, 2.75) is 12.5 Å². The van der Waals surface area contributed by atoms with E-state index in [1.807, 2.05) is 18.2 Å². The third-order valence-corrected chi connectivity index (χ3v) is 2.69. The second-order valence-corrected chi connectivity index (χ2v) is 4.06. The lowest BCUT2D eigenvalue weighted by molar-refractivity contribution is -0.125. The molecule has 0 saturated carbocycles. The maximum Gasteiger partial charge on any atom is 0.247 e. The zero-order valence-corrected chi connectivity index (χ0v) is 9.89. The van der Waals surface area contributed by atoms with Crippen molar-refractivity contribution in [3.05, 3.63) is 23.8 Å². The number of amides is 1. The van der Waals surface area contributed by atoms with Crippen LogP contribution in [0.4, 0.5) is 0 Å². The van der Waals surface area contributed by atoms with Crippen molar-refractivity contribution in [1.82, 2.24) is 5.32 Å². The van der Waals surface area contributed by atoms with E-state index in [0.29, 0.717) is 6.54 Å². The van der Waals surface area contributed by atoms with Crippen molar-refractivity contribution >= 4 is 5.91 Å². The second-order valence-electron chi connectivity index (χ2n) is 4.06. The molecular formula is C12H16N2O4. The minimum atomic E-state index is -1.14. The van der Waals surface area contributed by atoms with Gasteiger partial charge in [0.05, 0.1) is 0 Å². The van der Waals surface area contributed by atoms with Crippen molar-refractivity contribution in [1.29, 1.82) is 0 Å². The summed E-state index contributed by atoms with van der Waals surface area (Å²) in [7, 11) is 0. The highest BCUT2D eigenvalue weighted by Crippen LogP contribution is 2.32. The molecule has 1 heterocycles. The lowest BCUT2D eigenvalue weighted by Gasteiger charge is -2.08. The van der Waals surface area contributed by atoms with Crippen LogP contribution in [0, 0.1) is 0 Å². The Morgan fingerprint density at radius 2 is 2.22 bits per heavy atom. The molecule has 6 heteroatoms. The van der Waals surface area contributed by atoms with Crippen LogP contribution in [0.2, 0.25) is 0 Å². The van der Waals surface area contributed by atoms with Crippen molar-refractivity contribution in [3.8, 4) is 11.5 Å². The van der Waals surface area contributed by atoms with Crippen LogP contribution in [-0.4, -0.2) is 37.0 Å². The Balaban J connectivity index is 1.75. The summed E-state index contributed by atoms with van der Waals surface area (Å²) in [6, 6.07) is 5.75. The van der Waals surface area contributed by atoms with Gasteiger partial charge in [-0.05, 0) is 30.7 Å². The molecular weight excluding hydrogens is 236 g/mol. The molecule has 1 amide bonds. The molecule has 18 heavy (non-hydrogen) atoms. The van der Waals surface area contributed by atoms with Crippen LogP contribution in [0.3, 0.4) is 0 Å². The Kier molecular flexibility index (Phi) is 4.01. The first-order valence-corrected chi connectivity index (χ1v) is 5.73. The van der Waals surface area contributed by atoms with Crippen molar-refractivity contribution in [3.63, 3.8) is 0 Å². The van der Waals surface area contributed by atoms with E-state index in [9.17, 15) is 9.90 Å². The normalized spacial score (nSPS) is 14.5. The summed E-state index contributed by atoms with van der Waals surface area (Å²) in [5, 5.41) is 12.1. The predicted molar refractivity (Wildman–Crippen MR) is 64.3 cm³/mol. The average Bonchev–Trinajstić information content (AvgIpc) is 2.81. The van der Waals surface area contributed by atoms with Crippen LogP contribution in [0.15, 0.2) is 18.2 Å². The first-order valence-electron chi connectivity index (χ1n) is 5.73. The molecule has 4 N–H and O–H groups in total. The summed E-state index contributed by atoms with van der Waals surface area (Å²) in [5.41, 5.74) is 6.03. The number of benzene rings is 1. The van der Waals surface area contributed by atoms with E-state index in [4.69, 9.17) is 15.2 Å². The number of ether oxygens (including phenoxy) is 2. The summed E-state index contributed by atoms with van der Waals surface area (Å²) in [6.45, 7) is 1.08. The van der Waals surface area contributed by atoms with E-state index in [0.717, 1.165) is 23.5 Å². The first kappa shape index (κ1) is 12.7. The SMILES string of the molecule is NC(=O)C(O)CNCCc1ccc2c(c1)OCO2. The maximum atomic E-state index is 10.6. The molecule has 1 atom stereocenters. The number of hydrogen-bond acceptors (Lipinski definition) is 5. The van der Waals surface area contributed by atoms with Crippen LogP contribution >= 0.6 is 0 Å². The molecule has 0 aliphatic carbocycles. The van der Waals surface area contributed by atoms with E-state index in [2.05, 4.69) is 5.32 Å². The van der Waals surface area contributed by atoms with Crippen LogP contribution in [-0.2, 0) is 11.2 Å². The minimum Gasteiger partial charge on any atom is -0.454 e. The summed E-state index contributed by atoms with van der Waals surface area (Å²) < 4.78 is 10.5. The highest BCUT2D eigenvalue weighted by Gasteiger charge is 2.13. The number of carbonyl (C=O) groups is 1. The number of nitrogens with two attached hydrogens (primary N) is 1. The Hall–Kier alpha value is -1.79. The zero-order valence-electron chi connectivity index (χ0n) is 9.89. The number of aliphatic hydroxyl groups is 1. The first-order chi connectivity index (χ1) is 8.66. The molecule has 6 nitrogen and oxygen atoms in total. The molecule has 1 aromatic rings. The lowest BCUT2D eigenvalue weighted by atomic mass is 10.1. The second kappa shape index (κ2) is 5.70. The fraction of sp³-hybridized carbons (Fsp3) is 0.417. The predicted octanol–water partition coefficient (Wildman–Crippen LogP) is -0.606. The summed E-state index contributed by atoms with van der Waals surface area (Å²) >= 11 is 0. The van der Waals surface area contributed by atoms with Crippen LogP contribution < -0.4 is 20.5 Å². The number of hydrogen-bond donors (Lipinski definition) is 3. The van der Waals surface area contributed by atoms with Gasteiger partial charge in [0.2, 0.25) is 12.7 Å². The third kappa shape index (κ3) is 3.12. The van der Waals surface area contributed by atoms with Crippen molar-refractivity contribution in [2.75, 3.05) is 19.9 Å². The molecule has 1 unspecified atom stereocenters. The number of aliphatic hydroxyl groups excluding tert-OH is 1. The van der Waals surface area contributed by atoms with Gasteiger partial charge in [0.25, 0.3) is 0 Å². The third-order valence-electron chi connectivity index (χ3n) is 2.69. The van der Waals surface area contributed by atoms with Gasteiger partial charge in [-0.15, -0.1) is 0 Å². The fourth-order valence-corrected chi connectivity index (χ4v) is 1.67. The molecule has 1 aliphatic rings. The molecule has 0 spiro atoms. The number of fused-ring (bicyclic) bond motifs is 1. The fourth-order valence-electron chi connectivity index (χ4n) is 1.67. The van der Waals surface area contributed by atoms with Gasteiger partial charge in [-0.1, -0.05) is 6.07 Å². The topological polar surface area (TPSA) is 93.8 Å². The molecule has 0 bridgehead atoms. The van der Waals surface area contributed by atoms with Gasteiger partial charge in [0, 0.05) is 6.54 Å². The number of nitrogens with one attached hydrogen (secondary N) is 1. The lowest BCUT2D eigenvalue weighted by Crippen LogP contribution is -2.38. The van der Waals surface area contributed by atoms with Crippen LogP contribution in [0.25, 0.3) is 0 Å². The Morgan fingerprint density at radius 1 is 1.44 bits per heavy atom. The molecule has 0 radical (unpaired) electrons. The largest absolute Gasteiger partial charge is 0.454 e. The van der Waals surface area contributed by atoms with Crippen LogP contribution in [0.1, 0.15) is 5.56 Å². The number of primary amides is 1. The monoisotopic (exact) mass is 252 g/mol. The molecule has 98 valence electrons. The summed E-state index contributed by atoms with van der Waals surface area (Å²) in [6.07, 6.45) is -0.371. The van der Waals surface area contributed by atoms with E-state index < -0.39 is 12.0 Å². The summed E-state index contributed by atoms with van der Waals surface area (Å²) in [4.78, 5) is 10.6. The maximum absolute atomic E-state index is 10.6. The molecule has 1 aliphatic heterocycles. The molecule has 2 rings (SSSR count). The van der Waals surface area contributed by atoms with E-state index in [1.165, 1.54) is 0 Å².